The zero-order valence-electron chi connectivity index (χ0n) is 13.9. The number of nitrogens with one attached hydrogen (secondary N) is 1. The Hall–Kier alpha value is -0.0800. The third kappa shape index (κ3) is 5.43. The number of hydrogen-bond acceptors (Lipinski definition) is 2. The molecule has 1 aliphatic rings. The van der Waals surface area contributed by atoms with Crippen molar-refractivity contribution in [2.24, 2.45) is 11.8 Å². The Kier molecular flexibility index (Phi) is 8.01. The molecule has 19 heavy (non-hydrogen) atoms. The summed E-state index contributed by atoms with van der Waals surface area (Å²) in [6.07, 6.45) is 6.88. The van der Waals surface area contributed by atoms with Gasteiger partial charge in [-0.15, -0.1) is 0 Å². The zero-order valence-corrected chi connectivity index (χ0v) is 13.9. The Labute approximate surface area is 121 Å². The predicted octanol–water partition coefficient (Wildman–Crippen LogP) is 3.91. The topological polar surface area (TPSA) is 15.3 Å². The van der Waals surface area contributed by atoms with Gasteiger partial charge in [0.1, 0.15) is 0 Å². The normalized spacial score (nSPS) is 28.3. The summed E-state index contributed by atoms with van der Waals surface area (Å²) in [6, 6.07) is 1.44. The molecular formula is C17H36N2. The Bertz CT molecular complexity index is 227. The second-order valence-electron chi connectivity index (χ2n) is 6.60. The summed E-state index contributed by atoms with van der Waals surface area (Å²) in [7, 11) is 0. The number of nitrogens with zero attached hydrogens (tertiary/aromatic N) is 1. The van der Waals surface area contributed by atoms with Crippen LogP contribution in [0.5, 0.6) is 0 Å². The maximum atomic E-state index is 3.74. The molecule has 0 amide bonds. The maximum absolute atomic E-state index is 3.74. The van der Waals surface area contributed by atoms with Crippen molar-refractivity contribution < 1.29 is 0 Å². The lowest BCUT2D eigenvalue weighted by molar-refractivity contribution is 0.119. The van der Waals surface area contributed by atoms with Crippen molar-refractivity contribution in [2.45, 2.75) is 78.8 Å². The fraction of sp³-hybridized carbons (Fsp3) is 1.00. The zero-order chi connectivity index (χ0) is 14.3. The molecule has 2 heteroatoms. The van der Waals surface area contributed by atoms with Crippen LogP contribution >= 0.6 is 0 Å². The third-order valence-corrected chi connectivity index (χ3v) is 4.84. The van der Waals surface area contributed by atoms with E-state index in [1.54, 1.807) is 0 Å². The summed E-state index contributed by atoms with van der Waals surface area (Å²) in [5, 5.41) is 3.74. The van der Waals surface area contributed by atoms with Gasteiger partial charge >= 0.3 is 0 Å². The van der Waals surface area contributed by atoms with Gasteiger partial charge in [-0.05, 0) is 64.5 Å². The maximum Gasteiger partial charge on any atom is 0.0108 e. The van der Waals surface area contributed by atoms with Crippen LogP contribution in [0.3, 0.4) is 0 Å². The number of rotatable bonds is 8. The summed E-state index contributed by atoms with van der Waals surface area (Å²) in [5.41, 5.74) is 0. The average Bonchev–Trinajstić information content (AvgIpc) is 2.40. The Morgan fingerprint density at radius 2 is 1.89 bits per heavy atom. The summed E-state index contributed by atoms with van der Waals surface area (Å²) < 4.78 is 0. The second-order valence-corrected chi connectivity index (χ2v) is 6.60. The molecule has 1 saturated carbocycles. The van der Waals surface area contributed by atoms with E-state index in [-0.39, 0.29) is 0 Å². The minimum absolute atomic E-state index is 0.684. The minimum Gasteiger partial charge on any atom is -0.314 e. The van der Waals surface area contributed by atoms with Gasteiger partial charge in [0.2, 0.25) is 0 Å². The first kappa shape index (κ1) is 17.0. The van der Waals surface area contributed by atoms with Gasteiger partial charge in [0.15, 0.2) is 0 Å². The van der Waals surface area contributed by atoms with Crippen molar-refractivity contribution in [1.82, 2.24) is 10.2 Å². The molecular weight excluding hydrogens is 232 g/mol. The van der Waals surface area contributed by atoms with Gasteiger partial charge in [-0.25, -0.2) is 0 Å². The molecule has 1 rings (SSSR count). The highest BCUT2D eigenvalue weighted by Crippen LogP contribution is 2.32. The minimum atomic E-state index is 0.684. The molecule has 3 unspecified atom stereocenters. The highest BCUT2D eigenvalue weighted by atomic mass is 15.1. The second kappa shape index (κ2) is 8.97. The molecule has 3 atom stereocenters. The molecule has 0 aromatic rings. The number of hydrogen-bond donors (Lipinski definition) is 1. The van der Waals surface area contributed by atoms with Crippen LogP contribution in [0.2, 0.25) is 0 Å². The van der Waals surface area contributed by atoms with Gasteiger partial charge in [-0.2, -0.15) is 0 Å². The summed E-state index contributed by atoms with van der Waals surface area (Å²) in [4.78, 5) is 2.69. The molecule has 0 saturated heterocycles. The standard InChI is InChI=1S/C17H36N2/c1-6-11-19(14(4)5)13-16-12-15(7-2)9-10-17(16)18-8-3/h14-18H,6-13H2,1-5H3. The molecule has 1 fully saturated rings. The van der Waals surface area contributed by atoms with Gasteiger partial charge in [-0.3, -0.25) is 0 Å². The van der Waals surface area contributed by atoms with E-state index >= 15 is 0 Å². The van der Waals surface area contributed by atoms with Gasteiger partial charge in [0, 0.05) is 18.6 Å². The average molecular weight is 268 g/mol. The molecule has 0 aromatic heterocycles. The van der Waals surface area contributed by atoms with Crippen molar-refractivity contribution >= 4 is 0 Å². The molecule has 114 valence electrons. The Balaban J connectivity index is 2.61. The highest BCUT2D eigenvalue weighted by molar-refractivity contribution is 4.86. The van der Waals surface area contributed by atoms with Crippen molar-refractivity contribution in [3.05, 3.63) is 0 Å². The molecule has 0 heterocycles. The van der Waals surface area contributed by atoms with E-state index in [2.05, 4.69) is 44.8 Å². The Morgan fingerprint density at radius 3 is 2.42 bits per heavy atom. The van der Waals surface area contributed by atoms with Crippen molar-refractivity contribution in [3.8, 4) is 0 Å². The summed E-state index contributed by atoms with van der Waals surface area (Å²) in [6.45, 7) is 15.3. The lowest BCUT2D eigenvalue weighted by atomic mass is 9.76. The monoisotopic (exact) mass is 268 g/mol. The van der Waals surface area contributed by atoms with Crippen LogP contribution < -0.4 is 5.32 Å². The van der Waals surface area contributed by atoms with Crippen LogP contribution in [0.25, 0.3) is 0 Å². The van der Waals surface area contributed by atoms with Gasteiger partial charge in [-0.1, -0.05) is 27.2 Å². The van der Waals surface area contributed by atoms with E-state index in [1.807, 2.05) is 0 Å². The quantitative estimate of drug-likeness (QED) is 0.718. The van der Waals surface area contributed by atoms with E-state index in [0.717, 1.165) is 24.4 Å². The van der Waals surface area contributed by atoms with E-state index < -0.39 is 0 Å². The molecule has 1 aliphatic carbocycles. The lowest BCUT2D eigenvalue weighted by Crippen LogP contribution is -2.47. The molecule has 0 bridgehead atoms. The van der Waals surface area contributed by atoms with Crippen molar-refractivity contribution in [2.75, 3.05) is 19.6 Å². The smallest absolute Gasteiger partial charge is 0.0108 e. The van der Waals surface area contributed by atoms with E-state index in [9.17, 15) is 0 Å². The molecule has 0 aliphatic heterocycles. The van der Waals surface area contributed by atoms with Crippen LogP contribution in [-0.2, 0) is 0 Å². The van der Waals surface area contributed by atoms with Crippen LogP contribution in [0.15, 0.2) is 0 Å². The molecule has 0 aromatic carbocycles. The summed E-state index contributed by atoms with van der Waals surface area (Å²) in [5.74, 6) is 1.82. The molecule has 2 nitrogen and oxygen atoms in total. The third-order valence-electron chi connectivity index (χ3n) is 4.84. The first-order valence-electron chi connectivity index (χ1n) is 8.59. The van der Waals surface area contributed by atoms with E-state index in [1.165, 1.54) is 45.2 Å². The molecule has 0 spiro atoms. The highest BCUT2D eigenvalue weighted by Gasteiger charge is 2.30. The predicted molar refractivity (Wildman–Crippen MR) is 85.6 cm³/mol. The Morgan fingerprint density at radius 1 is 1.16 bits per heavy atom. The fourth-order valence-corrected chi connectivity index (χ4v) is 3.61. The van der Waals surface area contributed by atoms with Gasteiger partial charge in [0.05, 0.1) is 0 Å². The lowest BCUT2D eigenvalue weighted by Gasteiger charge is -2.40. The fourth-order valence-electron chi connectivity index (χ4n) is 3.61. The SMILES string of the molecule is CCCN(CC1CC(CC)CCC1NCC)C(C)C. The van der Waals surface area contributed by atoms with Crippen LogP contribution in [0.1, 0.15) is 66.7 Å². The first-order chi connectivity index (χ1) is 9.12. The van der Waals surface area contributed by atoms with Crippen LogP contribution in [0, 0.1) is 11.8 Å². The first-order valence-corrected chi connectivity index (χ1v) is 8.59. The summed E-state index contributed by atoms with van der Waals surface area (Å²) >= 11 is 0. The van der Waals surface area contributed by atoms with Crippen LogP contribution in [0.4, 0.5) is 0 Å². The van der Waals surface area contributed by atoms with Gasteiger partial charge < -0.3 is 10.2 Å². The van der Waals surface area contributed by atoms with Gasteiger partial charge in [0.25, 0.3) is 0 Å². The van der Waals surface area contributed by atoms with E-state index in [4.69, 9.17) is 0 Å². The molecule has 1 N–H and O–H groups in total. The van der Waals surface area contributed by atoms with E-state index in [0.29, 0.717) is 6.04 Å². The molecule has 0 radical (unpaired) electrons. The van der Waals surface area contributed by atoms with Crippen LogP contribution in [-0.4, -0.2) is 36.6 Å². The largest absolute Gasteiger partial charge is 0.314 e. The van der Waals surface area contributed by atoms with Crippen molar-refractivity contribution in [1.29, 1.82) is 0 Å². The van der Waals surface area contributed by atoms with Crippen molar-refractivity contribution in [3.63, 3.8) is 0 Å².